The summed E-state index contributed by atoms with van der Waals surface area (Å²) in [5.74, 6) is 0.520. The van der Waals surface area contributed by atoms with Gasteiger partial charge in [0.1, 0.15) is 5.76 Å². The van der Waals surface area contributed by atoms with Gasteiger partial charge in [0.25, 0.3) is 0 Å². The minimum atomic E-state index is -3.63. The second-order valence-electron chi connectivity index (χ2n) is 4.77. The molecule has 0 radical (unpaired) electrons. The Morgan fingerprint density at radius 3 is 2.38 bits per heavy atom. The molecule has 0 bridgehead atoms. The highest BCUT2D eigenvalue weighted by Crippen LogP contribution is 2.17. The number of Topliss-reactive ketones (excluding diaryl/α,β-unsaturated/α-hetero) is 1. The van der Waals surface area contributed by atoms with Crippen LogP contribution in [-0.2, 0) is 16.6 Å². The maximum Gasteiger partial charge on any atom is 0.243 e. The molecule has 0 fully saturated rings. The highest BCUT2D eigenvalue weighted by Gasteiger charge is 2.22. The average Bonchev–Trinajstić information content (AvgIpc) is 2.84. The van der Waals surface area contributed by atoms with E-state index in [4.69, 9.17) is 4.52 Å². The maximum absolute atomic E-state index is 12.4. The molecule has 2 aromatic rings. The van der Waals surface area contributed by atoms with Crippen molar-refractivity contribution in [2.45, 2.75) is 25.3 Å². The van der Waals surface area contributed by atoms with Crippen LogP contribution in [0.2, 0.25) is 0 Å². The molecule has 112 valence electrons. The van der Waals surface area contributed by atoms with Crippen molar-refractivity contribution in [3.05, 3.63) is 47.3 Å². The standard InChI is InChI=1S/C14H16N2O4S/c1-10-8-13(15-20-10)9-16(3)21(18,19)14-6-4-12(5-7-14)11(2)17/h4-8H,9H2,1-3H3. The van der Waals surface area contributed by atoms with E-state index in [9.17, 15) is 13.2 Å². The van der Waals surface area contributed by atoms with Crippen LogP contribution in [0.25, 0.3) is 0 Å². The van der Waals surface area contributed by atoms with Gasteiger partial charge in [-0.15, -0.1) is 0 Å². The number of nitrogens with zero attached hydrogens (tertiary/aromatic N) is 2. The van der Waals surface area contributed by atoms with Gasteiger partial charge < -0.3 is 4.52 Å². The Hall–Kier alpha value is -1.99. The third-order valence-electron chi connectivity index (χ3n) is 3.03. The summed E-state index contributed by atoms with van der Waals surface area (Å²) < 4.78 is 30.9. The van der Waals surface area contributed by atoms with Gasteiger partial charge in [-0.1, -0.05) is 17.3 Å². The van der Waals surface area contributed by atoms with E-state index >= 15 is 0 Å². The van der Waals surface area contributed by atoms with E-state index in [2.05, 4.69) is 5.16 Å². The first-order valence-corrected chi connectivity index (χ1v) is 7.74. The number of sulfonamides is 1. The molecule has 6 nitrogen and oxygen atoms in total. The van der Waals surface area contributed by atoms with Crippen molar-refractivity contribution in [3.63, 3.8) is 0 Å². The molecule has 0 spiro atoms. The number of benzene rings is 1. The van der Waals surface area contributed by atoms with Crippen LogP contribution in [0.4, 0.5) is 0 Å². The van der Waals surface area contributed by atoms with E-state index in [1.807, 2.05) is 0 Å². The van der Waals surface area contributed by atoms with E-state index < -0.39 is 10.0 Å². The minimum absolute atomic E-state index is 0.106. The van der Waals surface area contributed by atoms with Gasteiger partial charge in [0.2, 0.25) is 10.0 Å². The number of carbonyl (C=O) groups is 1. The molecule has 0 N–H and O–H groups in total. The molecule has 0 atom stereocenters. The van der Waals surface area contributed by atoms with Gasteiger partial charge in [-0.25, -0.2) is 8.42 Å². The SMILES string of the molecule is CC(=O)c1ccc(S(=O)(=O)N(C)Cc2cc(C)on2)cc1. The zero-order valence-electron chi connectivity index (χ0n) is 12.0. The molecule has 7 heteroatoms. The van der Waals surface area contributed by atoms with E-state index in [0.717, 1.165) is 0 Å². The first-order chi connectivity index (χ1) is 9.80. The summed E-state index contributed by atoms with van der Waals surface area (Å²) in [5, 5.41) is 3.77. The smallest absolute Gasteiger partial charge is 0.243 e. The Balaban J connectivity index is 2.22. The molecule has 1 aromatic carbocycles. The first-order valence-electron chi connectivity index (χ1n) is 6.30. The number of rotatable bonds is 5. The van der Waals surface area contributed by atoms with Gasteiger partial charge in [0.05, 0.1) is 17.1 Å². The second kappa shape index (κ2) is 5.79. The van der Waals surface area contributed by atoms with Crippen molar-refractivity contribution in [2.24, 2.45) is 0 Å². The highest BCUT2D eigenvalue weighted by molar-refractivity contribution is 7.89. The highest BCUT2D eigenvalue weighted by atomic mass is 32.2. The zero-order valence-corrected chi connectivity index (χ0v) is 12.8. The summed E-state index contributed by atoms with van der Waals surface area (Å²) in [6.07, 6.45) is 0. The predicted octanol–water partition coefficient (Wildman–Crippen LogP) is 2.01. The lowest BCUT2D eigenvalue weighted by atomic mass is 10.2. The zero-order chi connectivity index (χ0) is 15.6. The van der Waals surface area contributed by atoms with Gasteiger partial charge in [0, 0.05) is 18.7 Å². The molecular formula is C14H16N2O4S. The van der Waals surface area contributed by atoms with Crippen LogP contribution in [-0.4, -0.2) is 30.7 Å². The number of aromatic nitrogens is 1. The van der Waals surface area contributed by atoms with Crippen LogP contribution in [0.5, 0.6) is 0 Å². The van der Waals surface area contributed by atoms with Crippen LogP contribution in [0.1, 0.15) is 28.7 Å². The molecule has 1 heterocycles. The number of ketones is 1. The molecule has 0 aliphatic rings. The Labute approximate surface area is 123 Å². The van der Waals surface area contributed by atoms with Gasteiger partial charge in [-0.05, 0) is 26.0 Å². The van der Waals surface area contributed by atoms with Gasteiger partial charge in [-0.3, -0.25) is 4.79 Å². The number of aryl methyl sites for hydroxylation is 1. The summed E-state index contributed by atoms with van der Waals surface area (Å²) >= 11 is 0. The van der Waals surface area contributed by atoms with E-state index in [0.29, 0.717) is 17.0 Å². The monoisotopic (exact) mass is 308 g/mol. The van der Waals surface area contributed by atoms with Gasteiger partial charge in [0.15, 0.2) is 5.78 Å². The van der Waals surface area contributed by atoms with Crippen LogP contribution in [0, 0.1) is 6.92 Å². The molecule has 0 unspecified atom stereocenters. The molecule has 21 heavy (non-hydrogen) atoms. The van der Waals surface area contributed by atoms with Crippen molar-refractivity contribution in [3.8, 4) is 0 Å². The van der Waals surface area contributed by atoms with Crippen LogP contribution >= 0.6 is 0 Å². The van der Waals surface area contributed by atoms with Gasteiger partial charge in [-0.2, -0.15) is 4.31 Å². The van der Waals surface area contributed by atoms with E-state index in [1.54, 1.807) is 13.0 Å². The van der Waals surface area contributed by atoms with E-state index in [1.165, 1.54) is 42.5 Å². The van der Waals surface area contributed by atoms with Crippen LogP contribution < -0.4 is 0 Å². The number of carbonyl (C=O) groups excluding carboxylic acids is 1. The molecule has 0 saturated heterocycles. The van der Waals surface area contributed by atoms with Crippen LogP contribution in [0.3, 0.4) is 0 Å². The lowest BCUT2D eigenvalue weighted by Gasteiger charge is -2.15. The summed E-state index contributed by atoms with van der Waals surface area (Å²) in [6, 6.07) is 7.55. The molecule has 0 amide bonds. The summed E-state index contributed by atoms with van der Waals surface area (Å²) in [6.45, 7) is 3.29. The largest absolute Gasteiger partial charge is 0.361 e. The van der Waals surface area contributed by atoms with Crippen molar-refractivity contribution < 1.29 is 17.7 Å². The summed E-state index contributed by atoms with van der Waals surface area (Å²) in [4.78, 5) is 11.3. The lowest BCUT2D eigenvalue weighted by Crippen LogP contribution is -2.26. The van der Waals surface area contributed by atoms with E-state index in [-0.39, 0.29) is 17.2 Å². The molecule has 0 aliphatic carbocycles. The summed E-state index contributed by atoms with van der Waals surface area (Å²) in [5.41, 5.74) is 1.02. The first kappa shape index (κ1) is 15.4. The Morgan fingerprint density at radius 1 is 1.29 bits per heavy atom. The topological polar surface area (TPSA) is 80.5 Å². The third kappa shape index (κ3) is 3.37. The Bertz CT molecular complexity index is 748. The third-order valence-corrected chi connectivity index (χ3v) is 4.85. The fourth-order valence-corrected chi connectivity index (χ4v) is 2.99. The number of hydrogen-bond acceptors (Lipinski definition) is 5. The van der Waals surface area contributed by atoms with Crippen molar-refractivity contribution in [2.75, 3.05) is 7.05 Å². The predicted molar refractivity (Wildman–Crippen MR) is 76.3 cm³/mol. The lowest BCUT2D eigenvalue weighted by molar-refractivity contribution is 0.101. The minimum Gasteiger partial charge on any atom is -0.361 e. The fraction of sp³-hybridized carbons (Fsp3) is 0.286. The van der Waals surface area contributed by atoms with Gasteiger partial charge >= 0.3 is 0 Å². The molecule has 0 saturated carbocycles. The second-order valence-corrected chi connectivity index (χ2v) is 6.82. The molecule has 2 rings (SSSR count). The fourth-order valence-electron chi connectivity index (χ4n) is 1.85. The number of hydrogen-bond donors (Lipinski definition) is 0. The van der Waals surface area contributed by atoms with Crippen LogP contribution in [0.15, 0.2) is 39.8 Å². The normalized spacial score (nSPS) is 11.8. The van der Waals surface area contributed by atoms with Crippen molar-refractivity contribution in [1.29, 1.82) is 0 Å². The van der Waals surface area contributed by atoms with Crippen molar-refractivity contribution >= 4 is 15.8 Å². The summed E-state index contributed by atoms with van der Waals surface area (Å²) in [7, 11) is -2.16. The quantitative estimate of drug-likeness (QED) is 0.789. The maximum atomic E-state index is 12.4. The molecule has 1 aromatic heterocycles. The molecular weight excluding hydrogens is 292 g/mol. The van der Waals surface area contributed by atoms with Crippen molar-refractivity contribution in [1.82, 2.24) is 9.46 Å². The Morgan fingerprint density at radius 2 is 1.90 bits per heavy atom. The Kier molecular flexibility index (Phi) is 4.24. The average molecular weight is 308 g/mol. The molecule has 0 aliphatic heterocycles.